The number of nitrogens with one attached hydrogen (secondary N) is 1. The molecule has 0 atom stereocenters. The van der Waals surface area contributed by atoms with Crippen LogP contribution in [-0.2, 0) is 11.2 Å². The largest absolute Gasteiger partial charge is 0.481 e. The fourth-order valence-corrected chi connectivity index (χ4v) is 2.16. The van der Waals surface area contributed by atoms with Gasteiger partial charge in [-0.2, -0.15) is 0 Å². The summed E-state index contributed by atoms with van der Waals surface area (Å²) in [6.07, 6.45) is 2.05. The highest BCUT2D eigenvalue weighted by Gasteiger charge is 2.06. The number of halogens is 1. The van der Waals surface area contributed by atoms with E-state index in [1.165, 1.54) is 18.5 Å². The maximum atomic E-state index is 13.3. The Hall–Kier alpha value is -2.89. The minimum atomic E-state index is -0.486. The van der Waals surface area contributed by atoms with Gasteiger partial charge in [-0.3, -0.25) is 4.79 Å². The molecule has 1 aromatic heterocycles. The molecule has 3 rings (SSSR count). The molecule has 1 N–H and O–H groups in total. The molecule has 6 heteroatoms. The van der Waals surface area contributed by atoms with Gasteiger partial charge in [-0.1, -0.05) is 18.2 Å². The normalized spacial score (nSPS) is 10.7. The van der Waals surface area contributed by atoms with Crippen LogP contribution in [0.2, 0.25) is 0 Å². The number of hydrogen-bond acceptors (Lipinski definition) is 4. The highest BCUT2D eigenvalue weighted by Crippen LogP contribution is 2.15. The first-order valence-corrected chi connectivity index (χ1v) is 7.18. The van der Waals surface area contributed by atoms with Gasteiger partial charge in [0, 0.05) is 6.54 Å². The van der Waals surface area contributed by atoms with E-state index in [0.717, 1.165) is 16.7 Å². The Morgan fingerprint density at radius 1 is 1.26 bits per heavy atom. The number of amides is 1. The van der Waals surface area contributed by atoms with Gasteiger partial charge in [0.2, 0.25) is 0 Å². The Bertz CT molecular complexity index is 816. The summed E-state index contributed by atoms with van der Waals surface area (Å²) >= 11 is 0. The Labute approximate surface area is 132 Å². The van der Waals surface area contributed by atoms with Crippen LogP contribution in [0.4, 0.5) is 4.39 Å². The van der Waals surface area contributed by atoms with Crippen molar-refractivity contribution in [3.05, 3.63) is 60.2 Å². The summed E-state index contributed by atoms with van der Waals surface area (Å²) in [6, 6.07) is 11.7. The molecule has 5 nitrogen and oxygen atoms in total. The summed E-state index contributed by atoms with van der Waals surface area (Å²) in [5, 5.41) is 2.73. The first-order chi connectivity index (χ1) is 11.2. The van der Waals surface area contributed by atoms with Gasteiger partial charge in [0.25, 0.3) is 5.91 Å². The highest BCUT2D eigenvalue weighted by atomic mass is 19.1. The lowest BCUT2D eigenvalue weighted by atomic mass is 10.1. The molecule has 0 unspecified atom stereocenters. The third-order valence-electron chi connectivity index (χ3n) is 3.33. The van der Waals surface area contributed by atoms with Crippen LogP contribution in [0, 0.1) is 5.82 Å². The van der Waals surface area contributed by atoms with Crippen molar-refractivity contribution in [3.63, 3.8) is 0 Å². The lowest BCUT2D eigenvalue weighted by Gasteiger charge is -2.08. The minimum Gasteiger partial charge on any atom is -0.481 e. The smallest absolute Gasteiger partial charge is 0.257 e. The minimum absolute atomic E-state index is 0.0680. The molecule has 0 aliphatic rings. The van der Waals surface area contributed by atoms with E-state index in [2.05, 4.69) is 10.3 Å². The summed E-state index contributed by atoms with van der Waals surface area (Å²) < 4.78 is 23.7. The van der Waals surface area contributed by atoms with E-state index in [-0.39, 0.29) is 18.3 Å². The molecule has 0 aliphatic carbocycles. The summed E-state index contributed by atoms with van der Waals surface area (Å²) in [4.78, 5) is 15.7. The van der Waals surface area contributed by atoms with Crippen LogP contribution < -0.4 is 10.1 Å². The lowest BCUT2D eigenvalue weighted by Crippen LogP contribution is -2.30. The number of fused-ring (bicyclic) bond motifs is 1. The Morgan fingerprint density at radius 3 is 3.00 bits per heavy atom. The highest BCUT2D eigenvalue weighted by molar-refractivity contribution is 5.77. The summed E-state index contributed by atoms with van der Waals surface area (Å²) in [7, 11) is 0. The first kappa shape index (κ1) is 15.0. The van der Waals surface area contributed by atoms with E-state index in [0.29, 0.717) is 13.0 Å². The van der Waals surface area contributed by atoms with Crippen molar-refractivity contribution in [2.45, 2.75) is 6.42 Å². The number of carbonyl (C=O) groups is 1. The molecule has 118 valence electrons. The average molecular weight is 314 g/mol. The SMILES string of the molecule is O=C(COc1ccccc1F)NCCc1ccc2ncoc2c1. The third-order valence-corrected chi connectivity index (χ3v) is 3.33. The number of carbonyl (C=O) groups excluding carboxylic acids is 1. The molecule has 0 spiro atoms. The zero-order chi connectivity index (χ0) is 16.1. The Kier molecular flexibility index (Phi) is 4.52. The second-order valence-electron chi connectivity index (χ2n) is 4.97. The second kappa shape index (κ2) is 6.91. The van der Waals surface area contributed by atoms with Crippen molar-refractivity contribution in [2.75, 3.05) is 13.2 Å². The van der Waals surface area contributed by atoms with Crippen molar-refractivity contribution in [3.8, 4) is 5.75 Å². The van der Waals surface area contributed by atoms with Gasteiger partial charge in [0.1, 0.15) is 5.52 Å². The van der Waals surface area contributed by atoms with E-state index in [1.54, 1.807) is 12.1 Å². The molecule has 23 heavy (non-hydrogen) atoms. The second-order valence-corrected chi connectivity index (χ2v) is 4.97. The first-order valence-electron chi connectivity index (χ1n) is 7.18. The molecular formula is C17H15FN2O3. The van der Waals surface area contributed by atoms with Crippen LogP contribution in [-0.4, -0.2) is 24.0 Å². The number of benzene rings is 2. The number of oxazole rings is 1. The molecule has 0 fully saturated rings. The van der Waals surface area contributed by atoms with Crippen molar-refractivity contribution < 1.29 is 18.3 Å². The van der Waals surface area contributed by atoms with Gasteiger partial charge >= 0.3 is 0 Å². The van der Waals surface area contributed by atoms with Gasteiger partial charge in [-0.25, -0.2) is 9.37 Å². The summed E-state index contributed by atoms with van der Waals surface area (Å²) in [5.41, 5.74) is 2.55. The Balaban J connectivity index is 1.44. The molecule has 3 aromatic rings. The average Bonchev–Trinajstić information content (AvgIpc) is 3.02. The quantitative estimate of drug-likeness (QED) is 0.760. The predicted molar refractivity (Wildman–Crippen MR) is 82.6 cm³/mol. The van der Waals surface area contributed by atoms with Crippen LogP contribution in [0.5, 0.6) is 5.75 Å². The fourth-order valence-electron chi connectivity index (χ4n) is 2.16. The number of hydrogen-bond donors (Lipinski definition) is 1. The fraction of sp³-hybridized carbons (Fsp3) is 0.176. The number of nitrogens with zero attached hydrogens (tertiary/aromatic N) is 1. The number of rotatable bonds is 6. The third kappa shape index (κ3) is 3.85. The maximum absolute atomic E-state index is 13.3. The lowest BCUT2D eigenvalue weighted by molar-refractivity contribution is -0.123. The number of ether oxygens (including phenoxy) is 1. The predicted octanol–water partition coefficient (Wildman–Crippen LogP) is 2.70. The molecule has 0 saturated carbocycles. The molecular weight excluding hydrogens is 299 g/mol. The van der Waals surface area contributed by atoms with Crippen molar-refractivity contribution in [1.29, 1.82) is 0 Å². The van der Waals surface area contributed by atoms with Crippen LogP contribution in [0.1, 0.15) is 5.56 Å². The van der Waals surface area contributed by atoms with Gasteiger partial charge in [-0.15, -0.1) is 0 Å². The zero-order valence-electron chi connectivity index (χ0n) is 12.3. The summed E-state index contributed by atoms with van der Waals surface area (Å²) in [6.45, 7) is 0.237. The van der Waals surface area contributed by atoms with Gasteiger partial charge in [0.05, 0.1) is 0 Å². The molecule has 1 amide bonds. The molecule has 1 heterocycles. The van der Waals surface area contributed by atoms with E-state index >= 15 is 0 Å². The number of para-hydroxylation sites is 1. The van der Waals surface area contributed by atoms with E-state index in [9.17, 15) is 9.18 Å². The van der Waals surface area contributed by atoms with Crippen LogP contribution in [0.15, 0.2) is 53.3 Å². The van der Waals surface area contributed by atoms with Crippen LogP contribution in [0.3, 0.4) is 0 Å². The Morgan fingerprint density at radius 2 is 2.13 bits per heavy atom. The standard InChI is InChI=1S/C17H15FN2O3/c18-13-3-1-2-4-15(13)22-10-17(21)19-8-7-12-5-6-14-16(9-12)23-11-20-14/h1-6,9,11H,7-8,10H2,(H,19,21). The molecule has 0 bridgehead atoms. The monoisotopic (exact) mass is 314 g/mol. The molecule has 2 aromatic carbocycles. The topological polar surface area (TPSA) is 64.4 Å². The van der Waals surface area contributed by atoms with E-state index < -0.39 is 5.82 Å². The molecule has 0 radical (unpaired) electrons. The number of aromatic nitrogens is 1. The van der Waals surface area contributed by atoms with E-state index in [1.807, 2.05) is 18.2 Å². The van der Waals surface area contributed by atoms with Crippen LogP contribution >= 0.6 is 0 Å². The van der Waals surface area contributed by atoms with Gasteiger partial charge < -0.3 is 14.5 Å². The van der Waals surface area contributed by atoms with Crippen LogP contribution in [0.25, 0.3) is 11.1 Å². The van der Waals surface area contributed by atoms with Crippen molar-refractivity contribution in [1.82, 2.24) is 10.3 Å². The zero-order valence-corrected chi connectivity index (χ0v) is 12.3. The van der Waals surface area contributed by atoms with E-state index in [4.69, 9.17) is 9.15 Å². The maximum Gasteiger partial charge on any atom is 0.257 e. The van der Waals surface area contributed by atoms with Gasteiger partial charge in [0.15, 0.2) is 30.2 Å². The summed E-state index contributed by atoms with van der Waals surface area (Å²) in [5.74, 6) is -0.715. The van der Waals surface area contributed by atoms with Crippen molar-refractivity contribution >= 4 is 17.0 Å². The molecule has 0 saturated heterocycles. The van der Waals surface area contributed by atoms with Gasteiger partial charge in [-0.05, 0) is 36.2 Å². The van der Waals surface area contributed by atoms with Crippen molar-refractivity contribution in [2.24, 2.45) is 0 Å². The molecule has 0 aliphatic heterocycles.